The fourth-order valence-electron chi connectivity index (χ4n) is 1.98. The molecule has 0 unspecified atom stereocenters. The molecule has 0 spiro atoms. The number of halogens is 3. The van der Waals surface area contributed by atoms with Gasteiger partial charge < -0.3 is 5.32 Å². The van der Waals surface area contributed by atoms with Gasteiger partial charge in [0.05, 0.1) is 11.4 Å². The summed E-state index contributed by atoms with van der Waals surface area (Å²) in [5.41, 5.74) is -4.77. The maximum Gasteiger partial charge on any atom is 0.501 e. The number of rotatable bonds is 1. The van der Waals surface area contributed by atoms with Gasteiger partial charge in [-0.25, -0.2) is 8.42 Å². The van der Waals surface area contributed by atoms with Crippen molar-refractivity contribution in [2.24, 2.45) is 0 Å². The van der Waals surface area contributed by atoms with Gasteiger partial charge in [-0.15, -0.1) is 0 Å². The Hall–Kier alpha value is -1.67. The van der Waals surface area contributed by atoms with E-state index in [0.29, 0.717) is 10.6 Å². The summed E-state index contributed by atoms with van der Waals surface area (Å²) in [5.74, 6) is 0. The average molecular weight is 331 g/mol. The summed E-state index contributed by atoms with van der Waals surface area (Å²) in [7, 11) is -5.40. The number of hydrogen-bond acceptors (Lipinski definition) is 4. The first-order chi connectivity index (χ1) is 9.80. The second kappa shape index (κ2) is 4.67. The Balaban J connectivity index is 2.18. The molecule has 0 radical (unpaired) electrons. The monoisotopic (exact) mass is 331 g/mol. The van der Waals surface area contributed by atoms with E-state index in [0.717, 1.165) is 11.0 Å². The van der Waals surface area contributed by atoms with Gasteiger partial charge in [0.15, 0.2) is 0 Å². The number of para-hydroxylation sites is 2. The third-order valence-electron chi connectivity index (χ3n) is 2.95. The number of fused-ring (bicyclic) bond motifs is 2. The number of alkyl halides is 3. The van der Waals surface area contributed by atoms with Gasteiger partial charge >= 0.3 is 5.51 Å². The van der Waals surface area contributed by atoms with Crippen LogP contribution in [0.15, 0.2) is 57.2 Å². The summed E-state index contributed by atoms with van der Waals surface area (Å²) >= 11 is 1.23. The smallest absolute Gasteiger partial charge is 0.353 e. The van der Waals surface area contributed by atoms with Gasteiger partial charge in [-0.1, -0.05) is 30.0 Å². The highest BCUT2D eigenvalue weighted by Crippen LogP contribution is 2.47. The third-order valence-corrected chi connectivity index (χ3v) is 5.61. The fraction of sp³-hybridized carbons (Fsp3) is 0.0769. The van der Waals surface area contributed by atoms with Gasteiger partial charge in [0.25, 0.3) is 9.84 Å². The zero-order valence-electron chi connectivity index (χ0n) is 10.3. The van der Waals surface area contributed by atoms with Gasteiger partial charge in [0, 0.05) is 9.79 Å². The molecule has 0 atom stereocenters. The summed E-state index contributed by atoms with van der Waals surface area (Å²) in [6.45, 7) is 0. The van der Waals surface area contributed by atoms with Gasteiger partial charge in [0.2, 0.25) is 0 Å². The van der Waals surface area contributed by atoms with Crippen molar-refractivity contribution < 1.29 is 21.6 Å². The normalized spacial score (nSPS) is 14.0. The Labute approximate surface area is 123 Å². The van der Waals surface area contributed by atoms with Crippen LogP contribution in [0.3, 0.4) is 0 Å². The summed E-state index contributed by atoms with van der Waals surface area (Å²) in [5, 5.41) is 2.79. The minimum atomic E-state index is -5.40. The first kappa shape index (κ1) is 14.3. The van der Waals surface area contributed by atoms with Crippen molar-refractivity contribution >= 4 is 33.0 Å². The molecule has 0 bridgehead atoms. The molecule has 1 N–H and O–H groups in total. The van der Waals surface area contributed by atoms with E-state index in [-0.39, 0.29) is 5.69 Å². The van der Waals surface area contributed by atoms with Crippen LogP contribution in [0.5, 0.6) is 0 Å². The number of hydrogen-bond donors (Lipinski definition) is 1. The first-order valence-corrected chi connectivity index (χ1v) is 8.09. The van der Waals surface area contributed by atoms with Crippen molar-refractivity contribution in [1.82, 2.24) is 0 Å². The quantitative estimate of drug-likeness (QED) is 0.726. The zero-order valence-corrected chi connectivity index (χ0v) is 11.9. The van der Waals surface area contributed by atoms with Crippen molar-refractivity contribution in [3.05, 3.63) is 42.5 Å². The van der Waals surface area contributed by atoms with Gasteiger partial charge in [-0.3, -0.25) is 0 Å². The molecule has 8 heteroatoms. The minimum Gasteiger partial charge on any atom is -0.353 e. The maximum atomic E-state index is 12.8. The van der Waals surface area contributed by atoms with Crippen molar-refractivity contribution in [3.8, 4) is 0 Å². The lowest BCUT2D eigenvalue weighted by Crippen LogP contribution is -2.24. The molecule has 2 aromatic carbocycles. The van der Waals surface area contributed by atoms with Crippen molar-refractivity contribution in [2.45, 2.75) is 20.2 Å². The van der Waals surface area contributed by atoms with Gasteiger partial charge in [-0.2, -0.15) is 13.2 Å². The largest absolute Gasteiger partial charge is 0.501 e. The predicted molar refractivity (Wildman–Crippen MR) is 73.5 cm³/mol. The Bertz CT molecular complexity index is 816. The minimum absolute atomic E-state index is 0.0291. The fourth-order valence-corrected chi connectivity index (χ4v) is 4.00. The Morgan fingerprint density at radius 1 is 0.952 bits per heavy atom. The van der Waals surface area contributed by atoms with Crippen LogP contribution in [0.1, 0.15) is 0 Å². The molecule has 0 saturated heterocycles. The van der Waals surface area contributed by atoms with Gasteiger partial charge in [0.1, 0.15) is 4.90 Å². The lowest BCUT2D eigenvalue weighted by atomic mass is 10.2. The van der Waals surface area contributed by atoms with E-state index in [2.05, 4.69) is 5.32 Å². The molecular weight excluding hydrogens is 323 g/mol. The Kier molecular flexibility index (Phi) is 3.18. The van der Waals surface area contributed by atoms with Crippen LogP contribution in [-0.4, -0.2) is 13.9 Å². The lowest BCUT2D eigenvalue weighted by Gasteiger charge is -2.23. The molecule has 0 saturated carbocycles. The second-order valence-electron chi connectivity index (χ2n) is 4.30. The number of sulfone groups is 1. The van der Waals surface area contributed by atoms with Crippen LogP contribution >= 0.6 is 11.8 Å². The molecule has 110 valence electrons. The third kappa shape index (κ3) is 2.28. The van der Waals surface area contributed by atoms with Crippen molar-refractivity contribution in [1.29, 1.82) is 0 Å². The number of benzene rings is 2. The van der Waals surface area contributed by atoms with E-state index in [9.17, 15) is 21.6 Å². The average Bonchev–Trinajstić information content (AvgIpc) is 2.43. The molecule has 3 nitrogen and oxygen atoms in total. The molecular formula is C13H8F3NO2S2. The molecule has 0 amide bonds. The highest BCUT2D eigenvalue weighted by Gasteiger charge is 2.48. The van der Waals surface area contributed by atoms with Crippen LogP contribution in [-0.2, 0) is 9.84 Å². The molecule has 3 rings (SSSR count). The highest BCUT2D eigenvalue weighted by molar-refractivity contribution is 7.99. The molecule has 1 aliphatic heterocycles. The molecule has 0 aromatic heterocycles. The van der Waals surface area contributed by atoms with E-state index in [1.54, 1.807) is 30.3 Å². The molecule has 2 aromatic rings. The molecule has 0 fully saturated rings. The lowest BCUT2D eigenvalue weighted by molar-refractivity contribution is -0.0435. The molecule has 1 aliphatic rings. The van der Waals surface area contributed by atoms with Crippen LogP contribution < -0.4 is 5.32 Å². The predicted octanol–water partition coefficient (Wildman–Crippen LogP) is 4.19. The topological polar surface area (TPSA) is 46.2 Å². The van der Waals surface area contributed by atoms with Crippen molar-refractivity contribution in [2.75, 3.05) is 5.32 Å². The van der Waals surface area contributed by atoms with E-state index in [1.807, 2.05) is 0 Å². The van der Waals surface area contributed by atoms with E-state index in [4.69, 9.17) is 0 Å². The van der Waals surface area contributed by atoms with Crippen molar-refractivity contribution in [3.63, 3.8) is 0 Å². The van der Waals surface area contributed by atoms with Crippen LogP contribution in [0.4, 0.5) is 24.5 Å². The Morgan fingerprint density at radius 3 is 2.33 bits per heavy atom. The molecule has 21 heavy (non-hydrogen) atoms. The molecule has 0 aliphatic carbocycles. The zero-order chi connectivity index (χ0) is 15.3. The summed E-state index contributed by atoms with van der Waals surface area (Å²) in [4.78, 5) is 0.514. The van der Waals surface area contributed by atoms with Crippen LogP contribution in [0.2, 0.25) is 0 Å². The number of anilines is 2. The van der Waals surface area contributed by atoms with Gasteiger partial charge in [-0.05, 0) is 24.3 Å². The summed E-state index contributed by atoms with van der Waals surface area (Å²) in [6, 6.07) is 10.9. The van der Waals surface area contributed by atoms with E-state index < -0.39 is 20.2 Å². The summed E-state index contributed by atoms with van der Waals surface area (Å²) < 4.78 is 61.6. The van der Waals surface area contributed by atoms with Crippen LogP contribution in [0.25, 0.3) is 0 Å². The first-order valence-electron chi connectivity index (χ1n) is 5.79. The van der Waals surface area contributed by atoms with Crippen LogP contribution in [0, 0.1) is 0 Å². The van der Waals surface area contributed by atoms with E-state index in [1.165, 1.54) is 17.8 Å². The SMILES string of the molecule is O=S(=O)(c1cccc2c1Nc1ccccc1S2)C(F)(F)F. The second-order valence-corrected chi connectivity index (χ2v) is 7.30. The standard InChI is InChI=1S/C13H8F3NO2S2/c14-13(15,16)21(18,19)11-7-3-6-10-12(11)17-8-4-1-2-5-9(8)20-10/h1-7,17H. The molecule has 1 heterocycles. The Morgan fingerprint density at radius 2 is 1.62 bits per heavy atom. The number of nitrogens with one attached hydrogen (secondary N) is 1. The van der Waals surface area contributed by atoms with E-state index >= 15 is 0 Å². The highest BCUT2D eigenvalue weighted by atomic mass is 32.2. The maximum absolute atomic E-state index is 12.8. The summed E-state index contributed by atoms with van der Waals surface area (Å²) in [6.07, 6.45) is 0.